The van der Waals surface area contributed by atoms with E-state index in [1.54, 1.807) is 11.0 Å². The van der Waals surface area contributed by atoms with Gasteiger partial charge in [0.1, 0.15) is 18.0 Å². The van der Waals surface area contributed by atoms with E-state index in [-0.39, 0.29) is 37.4 Å². The number of nitrogens with zero attached hydrogens (tertiary/aromatic N) is 2. The van der Waals surface area contributed by atoms with E-state index in [0.717, 1.165) is 23.3 Å². The lowest BCUT2D eigenvalue weighted by Gasteiger charge is -2.43. The molecule has 0 radical (unpaired) electrons. The quantitative estimate of drug-likeness (QED) is 0.458. The zero-order valence-corrected chi connectivity index (χ0v) is 24.4. The van der Waals surface area contributed by atoms with Crippen LogP contribution in [-0.2, 0) is 27.0 Å². The highest BCUT2D eigenvalue weighted by molar-refractivity contribution is 6.32. The van der Waals surface area contributed by atoms with Crippen LogP contribution in [0.3, 0.4) is 0 Å². The number of alkyl halides is 3. The van der Waals surface area contributed by atoms with E-state index < -0.39 is 17.3 Å². The zero-order valence-electron chi connectivity index (χ0n) is 23.7. The van der Waals surface area contributed by atoms with Crippen LogP contribution >= 0.6 is 11.6 Å². The highest BCUT2D eigenvalue weighted by Crippen LogP contribution is 2.32. The lowest BCUT2D eigenvalue weighted by molar-refractivity contribution is -0.157. The number of benzene rings is 2. The van der Waals surface area contributed by atoms with Crippen LogP contribution in [0.5, 0.6) is 5.75 Å². The number of hydrogen-bond acceptors (Lipinski definition) is 5. The molecular weight excluding hydrogens is 559 g/mol. The van der Waals surface area contributed by atoms with E-state index in [1.807, 2.05) is 30.9 Å². The predicted octanol–water partition coefficient (Wildman–Crippen LogP) is 5.14. The van der Waals surface area contributed by atoms with Crippen molar-refractivity contribution in [2.75, 3.05) is 39.4 Å². The van der Waals surface area contributed by atoms with Crippen molar-refractivity contribution < 1.29 is 32.2 Å². The smallest absolute Gasteiger partial charge is 0.416 e. The summed E-state index contributed by atoms with van der Waals surface area (Å²) in [5.74, 6) is 0.431. The maximum absolute atomic E-state index is 13.5. The second-order valence-electron chi connectivity index (χ2n) is 11.1. The summed E-state index contributed by atoms with van der Waals surface area (Å²) in [7, 11) is 0. The molecule has 7 nitrogen and oxygen atoms in total. The summed E-state index contributed by atoms with van der Waals surface area (Å²) >= 11 is 6.32. The molecule has 2 aromatic carbocycles. The summed E-state index contributed by atoms with van der Waals surface area (Å²) in [6.45, 7) is 7.78. The van der Waals surface area contributed by atoms with Gasteiger partial charge < -0.3 is 19.7 Å². The first-order chi connectivity index (χ1) is 19.3. The molecule has 11 heteroatoms. The number of carbonyl (C=O) groups is 2. The Kier molecular flexibility index (Phi) is 9.87. The number of amides is 2. The molecule has 2 saturated heterocycles. The van der Waals surface area contributed by atoms with Crippen LogP contribution in [0.4, 0.5) is 13.2 Å². The number of carbonyl (C=O) groups excluding carboxylic acids is 2. The van der Waals surface area contributed by atoms with Gasteiger partial charge in [-0.2, -0.15) is 13.2 Å². The maximum atomic E-state index is 13.5. The van der Waals surface area contributed by atoms with Gasteiger partial charge in [-0.15, -0.1) is 0 Å². The Labute approximate surface area is 243 Å². The minimum Gasteiger partial charge on any atom is -0.490 e. The lowest BCUT2D eigenvalue weighted by atomic mass is 9.95. The van der Waals surface area contributed by atoms with Crippen molar-refractivity contribution in [3.63, 3.8) is 0 Å². The molecule has 224 valence electrons. The Bertz CT molecular complexity index is 1230. The van der Waals surface area contributed by atoms with Crippen molar-refractivity contribution in [2.24, 2.45) is 0 Å². The number of aryl methyl sites for hydroxylation is 2. The molecule has 0 saturated carbocycles. The Hall–Kier alpha value is -2.82. The number of hydrogen-bond donors (Lipinski definition) is 1. The molecule has 2 fully saturated rings. The molecule has 2 aliphatic heterocycles. The fourth-order valence-electron chi connectivity index (χ4n) is 5.56. The molecule has 2 aromatic rings. The van der Waals surface area contributed by atoms with Crippen LogP contribution in [-0.4, -0.2) is 72.6 Å². The molecule has 2 amide bonds. The van der Waals surface area contributed by atoms with Gasteiger partial charge in [-0.05, 0) is 61.6 Å². The molecule has 0 bridgehead atoms. The number of morpholine rings is 1. The van der Waals surface area contributed by atoms with Gasteiger partial charge in [-0.25, -0.2) is 0 Å². The minimum atomic E-state index is -4.42. The number of nitrogens with one attached hydrogen (secondary N) is 1. The van der Waals surface area contributed by atoms with Gasteiger partial charge >= 0.3 is 6.18 Å². The molecule has 2 heterocycles. The number of likely N-dealkylation sites (tertiary alicyclic amines) is 1. The van der Waals surface area contributed by atoms with Gasteiger partial charge in [0.2, 0.25) is 11.8 Å². The third-order valence-corrected chi connectivity index (χ3v) is 8.22. The fourth-order valence-corrected chi connectivity index (χ4v) is 5.67. The van der Waals surface area contributed by atoms with Crippen molar-refractivity contribution in [3.05, 3.63) is 63.7 Å². The first-order valence-electron chi connectivity index (χ1n) is 13.8. The van der Waals surface area contributed by atoms with Crippen molar-refractivity contribution in [2.45, 2.75) is 64.4 Å². The van der Waals surface area contributed by atoms with E-state index >= 15 is 0 Å². The van der Waals surface area contributed by atoms with Crippen LogP contribution in [0.25, 0.3) is 0 Å². The van der Waals surface area contributed by atoms with Crippen LogP contribution in [0.15, 0.2) is 36.4 Å². The molecule has 4 rings (SSSR count). The monoisotopic (exact) mass is 595 g/mol. The van der Waals surface area contributed by atoms with Crippen LogP contribution in [0, 0.1) is 13.8 Å². The van der Waals surface area contributed by atoms with Gasteiger partial charge in [-0.3, -0.25) is 14.5 Å². The molecule has 0 spiro atoms. The standard InChI is InChI=1S/C30H37ClF3N3O4/c1-20-13-26(14-21(2)28(20)31)40-19-29(16-27(39)37-9-7-25(8-10-37)35-22(3)38)18-36(11-12-41-29)17-23-5-4-6-24(15-23)30(32,33)34/h4-6,13-15,25H,7-12,16-19H2,1-3H3,(H,35,38). The summed E-state index contributed by atoms with van der Waals surface area (Å²) in [6, 6.07) is 9.02. The highest BCUT2D eigenvalue weighted by Gasteiger charge is 2.41. The summed E-state index contributed by atoms with van der Waals surface area (Å²) < 4.78 is 52.4. The van der Waals surface area contributed by atoms with E-state index in [2.05, 4.69) is 5.32 Å². The zero-order chi connectivity index (χ0) is 29.8. The molecule has 0 aliphatic carbocycles. The molecule has 1 atom stereocenters. The Morgan fingerprint density at radius 2 is 1.80 bits per heavy atom. The highest BCUT2D eigenvalue weighted by atomic mass is 35.5. The van der Waals surface area contributed by atoms with E-state index in [4.69, 9.17) is 21.1 Å². The number of ether oxygens (including phenoxy) is 2. The van der Waals surface area contributed by atoms with Crippen LogP contribution in [0.1, 0.15) is 48.4 Å². The molecule has 2 aliphatic rings. The number of rotatable bonds is 8. The first kappa shape index (κ1) is 31.1. The Morgan fingerprint density at radius 1 is 1.12 bits per heavy atom. The molecule has 1 N–H and O–H groups in total. The number of halogens is 4. The van der Waals surface area contributed by atoms with Gasteiger partial charge in [-0.1, -0.05) is 29.8 Å². The first-order valence-corrected chi connectivity index (χ1v) is 14.2. The Morgan fingerprint density at radius 3 is 2.44 bits per heavy atom. The van der Waals surface area contributed by atoms with Crippen LogP contribution < -0.4 is 10.1 Å². The average molecular weight is 596 g/mol. The van der Waals surface area contributed by atoms with Crippen molar-refractivity contribution >= 4 is 23.4 Å². The van der Waals surface area contributed by atoms with E-state index in [0.29, 0.717) is 62.0 Å². The SMILES string of the molecule is CC(=O)NC1CCN(C(=O)CC2(COc3cc(C)c(Cl)c(C)c3)CN(Cc3cccc(C(F)(F)F)c3)CCO2)CC1. The fraction of sp³-hybridized carbons (Fsp3) is 0.533. The largest absolute Gasteiger partial charge is 0.490 e. The van der Waals surface area contributed by atoms with Gasteiger partial charge in [0.05, 0.1) is 18.6 Å². The topological polar surface area (TPSA) is 71.1 Å². The Balaban J connectivity index is 1.50. The second-order valence-corrected chi connectivity index (χ2v) is 11.5. The molecule has 1 unspecified atom stereocenters. The summed E-state index contributed by atoms with van der Waals surface area (Å²) in [4.78, 5) is 28.7. The van der Waals surface area contributed by atoms with Crippen molar-refractivity contribution in [1.29, 1.82) is 0 Å². The molecule has 41 heavy (non-hydrogen) atoms. The lowest BCUT2D eigenvalue weighted by Crippen LogP contribution is -2.57. The predicted molar refractivity (Wildman–Crippen MR) is 150 cm³/mol. The third kappa shape index (κ3) is 8.36. The van der Waals surface area contributed by atoms with Crippen molar-refractivity contribution in [3.8, 4) is 5.75 Å². The number of piperidine rings is 1. The van der Waals surface area contributed by atoms with E-state index in [9.17, 15) is 22.8 Å². The van der Waals surface area contributed by atoms with Gasteiger partial charge in [0.25, 0.3) is 0 Å². The van der Waals surface area contributed by atoms with Crippen molar-refractivity contribution in [1.82, 2.24) is 15.1 Å². The maximum Gasteiger partial charge on any atom is 0.416 e. The van der Waals surface area contributed by atoms with Crippen LogP contribution in [0.2, 0.25) is 5.02 Å². The average Bonchev–Trinajstić information content (AvgIpc) is 2.90. The molecular formula is C30H37ClF3N3O4. The summed E-state index contributed by atoms with van der Waals surface area (Å²) in [5.41, 5.74) is 0.567. The third-order valence-electron chi connectivity index (χ3n) is 7.63. The van der Waals surface area contributed by atoms with E-state index in [1.165, 1.54) is 13.0 Å². The minimum absolute atomic E-state index is 0.0408. The summed E-state index contributed by atoms with van der Waals surface area (Å²) in [5, 5.41) is 3.57. The normalized spacial score (nSPS) is 20.6. The molecule has 0 aromatic heterocycles. The van der Waals surface area contributed by atoms with Gasteiger partial charge in [0.15, 0.2) is 0 Å². The van der Waals surface area contributed by atoms with Gasteiger partial charge in [0, 0.05) is 50.7 Å². The second kappa shape index (κ2) is 13.0. The summed E-state index contributed by atoms with van der Waals surface area (Å²) in [6.07, 6.45) is -3.03.